The first kappa shape index (κ1) is 12.4. The maximum atomic E-state index is 12.3. The van der Waals surface area contributed by atoms with Gasteiger partial charge in [0.2, 0.25) is 11.8 Å². The molecule has 0 aromatic rings. The number of carbonyl (C=O) groups is 2. The van der Waals surface area contributed by atoms with E-state index in [0.29, 0.717) is 6.54 Å². The highest BCUT2D eigenvalue weighted by Crippen LogP contribution is 2.21. The molecule has 2 rings (SSSR count). The quantitative estimate of drug-likeness (QED) is 0.690. The second kappa shape index (κ2) is 5.52. The highest BCUT2D eigenvalue weighted by Gasteiger charge is 2.30. The van der Waals surface area contributed by atoms with Crippen LogP contribution in [0.4, 0.5) is 0 Å². The zero-order valence-corrected chi connectivity index (χ0v) is 10.7. The highest BCUT2D eigenvalue weighted by molar-refractivity contribution is 5.80. The molecule has 4 heteroatoms. The van der Waals surface area contributed by atoms with Crippen LogP contribution in [0.5, 0.6) is 0 Å². The van der Waals surface area contributed by atoms with Crippen LogP contribution in [0, 0.1) is 5.92 Å². The van der Waals surface area contributed by atoms with E-state index in [1.54, 1.807) is 6.92 Å². The van der Waals surface area contributed by atoms with Gasteiger partial charge in [0.1, 0.15) is 0 Å². The Hall–Kier alpha value is -1.06. The monoisotopic (exact) mass is 238 g/mol. The minimum atomic E-state index is 0.0470. The van der Waals surface area contributed by atoms with Crippen LogP contribution < -0.4 is 0 Å². The van der Waals surface area contributed by atoms with E-state index in [2.05, 4.69) is 0 Å². The predicted octanol–water partition coefficient (Wildman–Crippen LogP) is 1.26. The second-order valence-electron chi connectivity index (χ2n) is 5.19. The number of carbonyl (C=O) groups excluding carboxylic acids is 2. The Labute approximate surface area is 103 Å². The fourth-order valence-electron chi connectivity index (χ4n) is 2.84. The largest absolute Gasteiger partial charge is 0.342 e. The molecular formula is C13H22N2O2. The van der Waals surface area contributed by atoms with Crippen LogP contribution in [0.15, 0.2) is 0 Å². The predicted molar refractivity (Wildman–Crippen MR) is 65.4 cm³/mol. The van der Waals surface area contributed by atoms with Gasteiger partial charge in [-0.1, -0.05) is 0 Å². The number of hydrogen-bond acceptors (Lipinski definition) is 2. The summed E-state index contributed by atoms with van der Waals surface area (Å²) in [6.45, 7) is 4.86. The summed E-state index contributed by atoms with van der Waals surface area (Å²) in [4.78, 5) is 27.5. The number of likely N-dealkylation sites (tertiary alicyclic amines) is 2. The lowest BCUT2D eigenvalue weighted by Crippen LogP contribution is -2.47. The van der Waals surface area contributed by atoms with Crippen LogP contribution >= 0.6 is 0 Å². The van der Waals surface area contributed by atoms with E-state index in [4.69, 9.17) is 0 Å². The van der Waals surface area contributed by atoms with Crippen molar-refractivity contribution in [3.63, 3.8) is 0 Å². The van der Waals surface area contributed by atoms with Crippen molar-refractivity contribution in [1.29, 1.82) is 0 Å². The van der Waals surface area contributed by atoms with Crippen molar-refractivity contribution >= 4 is 11.8 Å². The number of rotatable bonds is 1. The standard InChI is InChI=1S/C13H22N2O2/c1-11(16)15-9-5-6-12(10-15)13(17)14-7-3-2-4-8-14/h12H,2-10H2,1H3/t12-/m0/s1. The van der Waals surface area contributed by atoms with Gasteiger partial charge in [0.05, 0.1) is 5.92 Å². The second-order valence-corrected chi connectivity index (χ2v) is 5.19. The van der Waals surface area contributed by atoms with Gasteiger partial charge in [-0.2, -0.15) is 0 Å². The van der Waals surface area contributed by atoms with Gasteiger partial charge < -0.3 is 9.80 Å². The third-order valence-corrected chi connectivity index (χ3v) is 3.88. The fourth-order valence-corrected chi connectivity index (χ4v) is 2.84. The average Bonchev–Trinajstić information content (AvgIpc) is 2.39. The van der Waals surface area contributed by atoms with Gasteiger partial charge in [0.15, 0.2) is 0 Å². The maximum absolute atomic E-state index is 12.3. The summed E-state index contributed by atoms with van der Waals surface area (Å²) in [5.41, 5.74) is 0. The molecule has 0 spiro atoms. The SMILES string of the molecule is CC(=O)N1CCC[C@H](C(=O)N2CCCCC2)C1. The first-order valence-corrected chi connectivity index (χ1v) is 6.73. The van der Waals surface area contributed by atoms with E-state index in [0.717, 1.165) is 45.3 Å². The summed E-state index contributed by atoms with van der Waals surface area (Å²) in [6.07, 6.45) is 5.42. The molecule has 0 radical (unpaired) electrons. The van der Waals surface area contributed by atoms with Crippen molar-refractivity contribution in [3.05, 3.63) is 0 Å². The Bertz CT molecular complexity index is 298. The zero-order chi connectivity index (χ0) is 12.3. The third kappa shape index (κ3) is 2.99. The summed E-state index contributed by atoms with van der Waals surface area (Å²) in [7, 11) is 0. The molecule has 2 fully saturated rings. The summed E-state index contributed by atoms with van der Waals surface area (Å²) >= 11 is 0. The van der Waals surface area contributed by atoms with E-state index in [1.807, 2.05) is 9.80 Å². The Morgan fingerprint density at radius 2 is 1.59 bits per heavy atom. The van der Waals surface area contributed by atoms with Crippen molar-refractivity contribution in [1.82, 2.24) is 9.80 Å². The average molecular weight is 238 g/mol. The normalized spacial score (nSPS) is 25.8. The summed E-state index contributed by atoms with van der Waals surface area (Å²) in [5.74, 6) is 0.419. The van der Waals surface area contributed by atoms with Crippen LogP contribution in [0.2, 0.25) is 0 Å². The van der Waals surface area contributed by atoms with Crippen LogP contribution in [-0.2, 0) is 9.59 Å². The first-order chi connectivity index (χ1) is 8.18. The molecule has 96 valence electrons. The minimum Gasteiger partial charge on any atom is -0.342 e. The van der Waals surface area contributed by atoms with Gasteiger partial charge >= 0.3 is 0 Å². The molecule has 0 aliphatic carbocycles. The van der Waals surface area contributed by atoms with Gasteiger partial charge in [0.25, 0.3) is 0 Å². The molecule has 2 aliphatic rings. The molecule has 0 N–H and O–H groups in total. The molecule has 0 aromatic heterocycles. The van der Waals surface area contributed by atoms with E-state index in [9.17, 15) is 9.59 Å². The van der Waals surface area contributed by atoms with Gasteiger partial charge in [-0.05, 0) is 32.1 Å². The Morgan fingerprint density at radius 1 is 0.941 bits per heavy atom. The van der Waals surface area contributed by atoms with Crippen LogP contribution in [0.1, 0.15) is 39.0 Å². The smallest absolute Gasteiger partial charge is 0.227 e. The van der Waals surface area contributed by atoms with Crippen molar-refractivity contribution in [2.75, 3.05) is 26.2 Å². The molecule has 0 bridgehead atoms. The maximum Gasteiger partial charge on any atom is 0.227 e. The lowest BCUT2D eigenvalue weighted by Gasteiger charge is -2.35. The molecule has 2 heterocycles. The molecule has 4 nitrogen and oxygen atoms in total. The third-order valence-electron chi connectivity index (χ3n) is 3.88. The molecule has 1 atom stereocenters. The molecule has 0 unspecified atom stereocenters. The Balaban J connectivity index is 1.91. The molecule has 2 aliphatic heterocycles. The summed E-state index contributed by atoms with van der Waals surface area (Å²) < 4.78 is 0. The highest BCUT2D eigenvalue weighted by atomic mass is 16.2. The number of nitrogens with zero attached hydrogens (tertiary/aromatic N) is 2. The Kier molecular flexibility index (Phi) is 4.02. The molecule has 0 aromatic carbocycles. The molecule has 0 saturated carbocycles. The van der Waals surface area contributed by atoms with Crippen molar-refractivity contribution < 1.29 is 9.59 Å². The lowest BCUT2D eigenvalue weighted by atomic mass is 9.95. The number of piperidine rings is 2. The lowest BCUT2D eigenvalue weighted by molar-refractivity contribution is -0.140. The van der Waals surface area contributed by atoms with Crippen molar-refractivity contribution in [2.24, 2.45) is 5.92 Å². The van der Waals surface area contributed by atoms with Crippen LogP contribution in [-0.4, -0.2) is 47.8 Å². The van der Waals surface area contributed by atoms with Crippen molar-refractivity contribution in [3.8, 4) is 0 Å². The molecule has 2 amide bonds. The van der Waals surface area contributed by atoms with Gasteiger partial charge in [-0.15, -0.1) is 0 Å². The van der Waals surface area contributed by atoms with Crippen LogP contribution in [0.25, 0.3) is 0 Å². The summed E-state index contributed by atoms with van der Waals surface area (Å²) in [6, 6.07) is 0. The van der Waals surface area contributed by atoms with E-state index < -0.39 is 0 Å². The van der Waals surface area contributed by atoms with E-state index in [1.165, 1.54) is 6.42 Å². The van der Waals surface area contributed by atoms with Gasteiger partial charge in [-0.25, -0.2) is 0 Å². The van der Waals surface area contributed by atoms with E-state index in [-0.39, 0.29) is 17.7 Å². The first-order valence-electron chi connectivity index (χ1n) is 6.73. The fraction of sp³-hybridized carbons (Fsp3) is 0.846. The van der Waals surface area contributed by atoms with E-state index >= 15 is 0 Å². The number of amides is 2. The molecule has 2 saturated heterocycles. The summed E-state index contributed by atoms with van der Waals surface area (Å²) in [5, 5.41) is 0. The Morgan fingerprint density at radius 3 is 2.24 bits per heavy atom. The molecular weight excluding hydrogens is 216 g/mol. The molecule has 17 heavy (non-hydrogen) atoms. The van der Waals surface area contributed by atoms with Crippen molar-refractivity contribution in [2.45, 2.75) is 39.0 Å². The zero-order valence-electron chi connectivity index (χ0n) is 10.7. The van der Waals surface area contributed by atoms with Gasteiger partial charge in [0, 0.05) is 33.1 Å². The number of hydrogen-bond donors (Lipinski definition) is 0. The van der Waals surface area contributed by atoms with Crippen LogP contribution in [0.3, 0.4) is 0 Å². The topological polar surface area (TPSA) is 40.6 Å². The minimum absolute atomic E-state index is 0.0470. The van der Waals surface area contributed by atoms with Gasteiger partial charge in [-0.3, -0.25) is 9.59 Å².